The van der Waals surface area contributed by atoms with Gasteiger partial charge < -0.3 is 20.3 Å². The summed E-state index contributed by atoms with van der Waals surface area (Å²) < 4.78 is 5.71. The van der Waals surface area contributed by atoms with E-state index in [9.17, 15) is 24.0 Å². The van der Waals surface area contributed by atoms with Gasteiger partial charge in [-0.05, 0) is 55.3 Å². The first kappa shape index (κ1) is 32.6. The molecule has 230 valence electrons. The van der Waals surface area contributed by atoms with E-state index in [1.807, 2.05) is 20.8 Å². The van der Waals surface area contributed by atoms with E-state index < -0.39 is 41.8 Å². The van der Waals surface area contributed by atoms with Gasteiger partial charge in [-0.15, -0.1) is 6.58 Å². The van der Waals surface area contributed by atoms with Crippen molar-refractivity contribution in [3.05, 3.63) is 12.7 Å². The molecule has 0 aromatic carbocycles. The normalized spacial score (nSPS) is 24.3. The Morgan fingerprint density at radius 1 is 1.10 bits per heavy atom. The fourth-order valence-electron chi connectivity index (χ4n) is 6.96. The Kier molecular flexibility index (Phi) is 11.0. The predicted molar refractivity (Wildman–Crippen MR) is 156 cm³/mol. The molecule has 1 aliphatic heterocycles. The highest BCUT2D eigenvalue weighted by atomic mass is 16.6. The summed E-state index contributed by atoms with van der Waals surface area (Å²) in [6.45, 7) is 14.1. The maximum absolute atomic E-state index is 14.3. The number of Topliss-reactive ketones (excluding diaryl/α,β-unsaturated/α-hetero) is 1. The molecule has 2 aliphatic carbocycles. The summed E-state index contributed by atoms with van der Waals surface area (Å²) in [6, 6.07) is -2.50. The number of amides is 4. The number of carbonyl (C=O) groups excluding carboxylic acids is 5. The van der Waals surface area contributed by atoms with Gasteiger partial charge in [-0.3, -0.25) is 24.1 Å². The highest BCUT2D eigenvalue weighted by molar-refractivity contribution is 6.38. The van der Waals surface area contributed by atoms with Crippen LogP contribution in [0, 0.1) is 23.2 Å². The zero-order valence-corrected chi connectivity index (χ0v) is 25.7. The molecule has 0 spiro atoms. The second-order valence-corrected chi connectivity index (χ2v) is 12.5. The van der Waals surface area contributed by atoms with E-state index in [-0.39, 0.29) is 41.7 Å². The summed E-state index contributed by atoms with van der Waals surface area (Å²) in [6.07, 6.45) is 6.64. The van der Waals surface area contributed by atoms with Crippen molar-refractivity contribution >= 4 is 29.6 Å². The van der Waals surface area contributed by atoms with E-state index in [0.29, 0.717) is 32.2 Å². The molecule has 3 rings (SSSR count). The van der Waals surface area contributed by atoms with Gasteiger partial charge in [0.05, 0.1) is 6.04 Å². The van der Waals surface area contributed by atoms with Crippen LogP contribution in [0.3, 0.4) is 0 Å². The molecule has 1 saturated heterocycles. The van der Waals surface area contributed by atoms with Crippen LogP contribution in [-0.2, 0) is 23.9 Å². The summed E-state index contributed by atoms with van der Waals surface area (Å²) in [5.41, 5.74) is -0.131. The summed E-state index contributed by atoms with van der Waals surface area (Å²) in [7, 11) is 1.62. The SMILES string of the molecule is C=CCNC(=O)C(=O)C(CCC)NC(=O)C1C2C(CN1C(=O)C(C1CCCC1)N(C)C(=O)OC(CC)CC)C2(C)C. The lowest BCUT2D eigenvalue weighted by Gasteiger charge is -2.38. The smallest absolute Gasteiger partial charge is 0.410 e. The lowest BCUT2D eigenvalue weighted by molar-refractivity contribution is -0.146. The van der Waals surface area contributed by atoms with Crippen LogP contribution in [-0.4, -0.2) is 83.8 Å². The number of likely N-dealkylation sites (N-methyl/N-ethyl adjacent to an activating group) is 1. The molecule has 10 heteroatoms. The van der Waals surface area contributed by atoms with Crippen molar-refractivity contribution in [1.82, 2.24) is 20.4 Å². The van der Waals surface area contributed by atoms with Gasteiger partial charge in [-0.1, -0.05) is 60.0 Å². The van der Waals surface area contributed by atoms with E-state index in [1.165, 1.54) is 11.0 Å². The van der Waals surface area contributed by atoms with Gasteiger partial charge in [-0.2, -0.15) is 0 Å². The van der Waals surface area contributed by atoms with Crippen molar-refractivity contribution < 1.29 is 28.7 Å². The topological polar surface area (TPSA) is 125 Å². The lowest BCUT2D eigenvalue weighted by Crippen LogP contribution is -2.59. The predicted octanol–water partition coefficient (Wildman–Crippen LogP) is 3.44. The number of hydrogen-bond acceptors (Lipinski definition) is 6. The molecular weight excluding hydrogens is 524 g/mol. The minimum absolute atomic E-state index is 0.0154. The molecule has 0 aromatic heterocycles. The van der Waals surface area contributed by atoms with Crippen molar-refractivity contribution in [3.63, 3.8) is 0 Å². The molecule has 0 aromatic rings. The summed E-state index contributed by atoms with van der Waals surface area (Å²) in [4.78, 5) is 69.7. The van der Waals surface area contributed by atoms with Crippen LogP contribution in [0.15, 0.2) is 12.7 Å². The molecule has 10 nitrogen and oxygen atoms in total. The van der Waals surface area contributed by atoms with Crippen molar-refractivity contribution in [2.75, 3.05) is 20.1 Å². The highest BCUT2D eigenvalue weighted by Gasteiger charge is 2.70. The number of carbonyl (C=O) groups is 5. The van der Waals surface area contributed by atoms with Gasteiger partial charge in [0.25, 0.3) is 5.91 Å². The van der Waals surface area contributed by atoms with E-state index >= 15 is 0 Å². The number of likely N-dealkylation sites (tertiary alicyclic amines) is 1. The van der Waals surface area contributed by atoms with E-state index in [4.69, 9.17) is 4.74 Å². The Labute approximate surface area is 245 Å². The molecule has 3 aliphatic rings. The first-order chi connectivity index (χ1) is 19.4. The molecule has 2 saturated carbocycles. The number of fused-ring (bicyclic) bond motifs is 1. The van der Waals surface area contributed by atoms with Crippen LogP contribution in [0.2, 0.25) is 0 Å². The molecule has 1 heterocycles. The van der Waals surface area contributed by atoms with Gasteiger partial charge in [0.1, 0.15) is 18.2 Å². The molecule has 3 fully saturated rings. The van der Waals surface area contributed by atoms with Crippen LogP contribution in [0.5, 0.6) is 0 Å². The monoisotopic (exact) mass is 574 g/mol. The Morgan fingerprint density at radius 3 is 2.29 bits per heavy atom. The van der Waals surface area contributed by atoms with Gasteiger partial charge in [-0.25, -0.2) is 4.79 Å². The average Bonchev–Trinajstić information content (AvgIpc) is 3.39. The molecular formula is C31H50N4O6. The zero-order valence-electron chi connectivity index (χ0n) is 25.7. The van der Waals surface area contributed by atoms with Gasteiger partial charge in [0.2, 0.25) is 17.6 Å². The number of piperidine rings is 1. The number of nitrogens with one attached hydrogen (secondary N) is 2. The van der Waals surface area contributed by atoms with Crippen molar-refractivity contribution in [2.24, 2.45) is 23.2 Å². The molecule has 5 unspecified atom stereocenters. The summed E-state index contributed by atoms with van der Waals surface area (Å²) >= 11 is 0. The first-order valence-electron chi connectivity index (χ1n) is 15.4. The maximum Gasteiger partial charge on any atom is 0.410 e. The van der Waals surface area contributed by atoms with Crippen LogP contribution in [0.4, 0.5) is 4.79 Å². The third-order valence-electron chi connectivity index (χ3n) is 9.58. The third kappa shape index (κ3) is 6.95. The number of ether oxygens (including phenoxy) is 1. The molecule has 2 N–H and O–H groups in total. The minimum atomic E-state index is -0.988. The van der Waals surface area contributed by atoms with E-state index in [0.717, 1.165) is 25.7 Å². The number of nitrogens with zero attached hydrogens (tertiary/aromatic N) is 2. The van der Waals surface area contributed by atoms with Gasteiger partial charge >= 0.3 is 6.09 Å². The maximum atomic E-state index is 14.3. The van der Waals surface area contributed by atoms with Crippen LogP contribution < -0.4 is 10.6 Å². The fraction of sp³-hybridized carbons (Fsp3) is 0.774. The Hall–Kier alpha value is -2.91. The summed E-state index contributed by atoms with van der Waals surface area (Å²) in [5.74, 6) is -2.09. The first-order valence-corrected chi connectivity index (χ1v) is 15.4. The second kappa shape index (κ2) is 13.8. The number of hydrogen-bond donors (Lipinski definition) is 2. The fourth-order valence-corrected chi connectivity index (χ4v) is 6.96. The largest absolute Gasteiger partial charge is 0.446 e. The molecule has 5 atom stereocenters. The second-order valence-electron chi connectivity index (χ2n) is 12.5. The van der Waals surface area contributed by atoms with Crippen molar-refractivity contribution in [3.8, 4) is 0 Å². The lowest BCUT2D eigenvalue weighted by atomic mass is 9.93. The molecule has 0 radical (unpaired) electrons. The quantitative estimate of drug-likeness (QED) is 0.242. The Morgan fingerprint density at radius 2 is 1.73 bits per heavy atom. The molecule has 41 heavy (non-hydrogen) atoms. The van der Waals surface area contributed by atoms with Crippen molar-refractivity contribution in [2.45, 2.75) is 110 Å². The Balaban J connectivity index is 1.85. The number of rotatable bonds is 14. The Bertz CT molecular complexity index is 1000. The van der Waals surface area contributed by atoms with Gasteiger partial charge in [0.15, 0.2) is 0 Å². The third-order valence-corrected chi connectivity index (χ3v) is 9.58. The molecule has 0 bridgehead atoms. The van der Waals surface area contributed by atoms with Crippen molar-refractivity contribution in [1.29, 1.82) is 0 Å². The van der Waals surface area contributed by atoms with Crippen LogP contribution >= 0.6 is 0 Å². The highest BCUT2D eigenvalue weighted by Crippen LogP contribution is 2.65. The standard InChI is InChI=1S/C31H50N4O6/c1-8-14-22(26(36)28(38)32-17-9-2)33-27(37)25-23-21(31(23,5)6)18-35(25)29(39)24(19-15-12-13-16-19)34(7)30(40)41-20(10-3)11-4/h9,19-25H,2,8,10-18H2,1,3-7H3,(H,32,38)(H,33,37). The van der Waals surface area contributed by atoms with E-state index in [1.54, 1.807) is 11.9 Å². The minimum Gasteiger partial charge on any atom is -0.446 e. The summed E-state index contributed by atoms with van der Waals surface area (Å²) in [5, 5.41) is 5.31. The van der Waals surface area contributed by atoms with Gasteiger partial charge in [0, 0.05) is 20.1 Å². The molecule has 4 amide bonds. The van der Waals surface area contributed by atoms with Crippen LogP contribution in [0.25, 0.3) is 0 Å². The zero-order chi connectivity index (χ0) is 30.5. The average molecular weight is 575 g/mol. The number of ketones is 1. The van der Waals surface area contributed by atoms with Crippen LogP contribution in [0.1, 0.15) is 86.0 Å². The van der Waals surface area contributed by atoms with E-state index in [2.05, 4.69) is 31.1 Å².